The number of hydrogen-bond acceptors (Lipinski definition) is 3. The van der Waals surface area contributed by atoms with Gasteiger partial charge < -0.3 is 15.8 Å². The summed E-state index contributed by atoms with van der Waals surface area (Å²) in [6.07, 6.45) is 4.06. The Labute approximate surface area is 110 Å². The van der Waals surface area contributed by atoms with Crippen LogP contribution in [0.25, 0.3) is 10.9 Å². The van der Waals surface area contributed by atoms with Crippen molar-refractivity contribution in [1.29, 1.82) is 0 Å². The molecule has 0 fully saturated rings. The fraction of sp³-hybridized carbons (Fsp3) is 0.308. The number of nitrogens with one attached hydrogen (secondary N) is 1. The molecule has 0 aliphatic carbocycles. The molecule has 2 aromatic rings. The summed E-state index contributed by atoms with van der Waals surface area (Å²) < 4.78 is 0. The molecule has 0 aliphatic rings. The second kappa shape index (κ2) is 5.04. The molecule has 0 radical (unpaired) electrons. The first kappa shape index (κ1) is 13.0. The van der Waals surface area contributed by atoms with Gasteiger partial charge >= 0.3 is 5.97 Å². The average molecular weight is 264 g/mol. The van der Waals surface area contributed by atoms with E-state index in [4.69, 9.17) is 5.73 Å². The Morgan fingerprint density at radius 1 is 1.50 bits per heavy atom. The number of rotatable bonds is 5. The van der Waals surface area contributed by atoms with Gasteiger partial charge in [0.2, 0.25) is 0 Å². The summed E-state index contributed by atoms with van der Waals surface area (Å²) >= 11 is 1.60. The highest BCUT2D eigenvalue weighted by Gasteiger charge is 2.37. The largest absolute Gasteiger partial charge is 0.480 e. The van der Waals surface area contributed by atoms with E-state index in [2.05, 4.69) is 4.98 Å². The number of para-hydroxylation sites is 1. The fourth-order valence-corrected chi connectivity index (χ4v) is 2.59. The number of nitrogens with two attached hydrogens (primary N) is 1. The molecule has 1 atom stereocenters. The zero-order valence-corrected chi connectivity index (χ0v) is 11.0. The standard InChI is InChI=1S/C13H16N2O2S/c1-18-7-6-13(14,12(16)17)10-8-15-11-5-3-2-4-9(10)11/h2-5,8,15H,6-7,14H2,1H3,(H,16,17). The minimum absolute atomic E-state index is 0.408. The van der Waals surface area contributed by atoms with E-state index in [0.717, 1.165) is 10.9 Å². The first-order chi connectivity index (χ1) is 8.59. The first-order valence-corrected chi connectivity index (χ1v) is 7.07. The molecule has 0 aliphatic heterocycles. The van der Waals surface area contributed by atoms with Crippen LogP contribution in [0.5, 0.6) is 0 Å². The number of carboxylic acids is 1. The summed E-state index contributed by atoms with van der Waals surface area (Å²) in [6, 6.07) is 7.60. The Balaban J connectivity index is 2.51. The highest BCUT2D eigenvalue weighted by atomic mass is 32.2. The van der Waals surface area contributed by atoms with Gasteiger partial charge in [0, 0.05) is 22.7 Å². The number of aromatic nitrogens is 1. The molecule has 4 nitrogen and oxygen atoms in total. The zero-order chi connectivity index (χ0) is 13.2. The van der Waals surface area contributed by atoms with Gasteiger partial charge in [-0.1, -0.05) is 18.2 Å². The third-order valence-electron chi connectivity index (χ3n) is 3.15. The minimum Gasteiger partial charge on any atom is -0.480 e. The maximum absolute atomic E-state index is 11.5. The van der Waals surface area contributed by atoms with Gasteiger partial charge in [-0.2, -0.15) is 11.8 Å². The molecule has 0 bridgehead atoms. The summed E-state index contributed by atoms with van der Waals surface area (Å²) in [5, 5.41) is 10.3. The number of aliphatic carboxylic acids is 1. The van der Waals surface area contributed by atoms with Crippen molar-refractivity contribution >= 4 is 28.6 Å². The molecule has 0 spiro atoms. The van der Waals surface area contributed by atoms with Crippen LogP contribution in [0.2, 0.25) is 0 Å². The molecule has 96 valence electrons. The lowest BCUT2D eigenvalue weighted by Gasteiger charge is -2.24. The van der Waals surface area contributed by atoms with Crippen LogP contribution in [-0.2, 0) is 10.3 Å². The molecule has 0 saturated heterocycles. The number of hydrogen-bond donors (Lipinski definition) is 3. The summed E-state index contributed by atoms with van der Waals surface area (Å²) in [5.41, 5.74) is 6.36. The van der Waals surface area contributed by atoms with Crippen LogP contribution in [0.15, 0.2) is 30.5 Å². The Morgan fingerprint density at radius 2 is 2.22 bits per heavy atom. The number of fused-ring (bicyclic) bond motifs is 1. The Morgan fingerprint density at radius 3 is 2.89 bits per heavy atom. The fourth-order valence-electron chi connectivity index (χ4n) is 2.06. The van der Waals surface area contributed by atoms with Crippen LogP contribution in [0.1, 0.15) is 12.0 Å². The molecular weight excluding hydrogens is 248 g/mol. The van der Waals surface area contributed by atoms with Gasteiger partial charge in [0.1, 0.15) is 5.54 Å². The molecule has 1 aromatic heterocycles. The van der Waals surface area contributed by atoms with Crippen molar-refractivity contribution in [2.45, 2.75) is 12.0 Å². The third kappa shape index (κ3) is 2.11. The lowest BCUT2D eigenvalue weighted by Crippen LogP contribution is -2.45. The molecular formula is C13H16N2O2S. The van der Waals surface area contributed by atoms with E-state index in [0.29, 0.717) is 17.7 Å². The summed E-state index contributed by atoms with van der Waals surface area (Å²) in [5.74, 6) is -0.274. The molecule has 5 heteroatoms. The normalized spacial score (nSPS) is 14.6. The van der Waals surface area contributed by atoms with Crippen molar-refractivity contribution in [2.24, 2.45) is 5.73 Å². The van der Waals surface area contributed by atoms with E-state index < -0.39 is 11.5 Å². The van der Waals surface area contributed by atoms with Gasteiger partial charge in [-0.25, -0.2) is 4.79 Å². The van der Waals surface area contributed by atoms with Gasteiger partial charge in [0.25, 0.3) is 0 Å². The maximum Gasteiger partial charge on any atom is 0.328 e. The van der Waals surface area contributed by atoms with Crippen LogP contribution in [0.3, 0.4) is 0 Å². The number of benzene rings is 1. The number of aromatic amines is 1. The van der Waals surface area contributed by atoms with E-state index in [1.165, 1.54) is 0 Å². The Kier molecular flexibility index (Phi) is 3.63. The van der Waals surface area contributed by atoms with Crippen molar-refractivity contribution in [3.63, 3.8) is 0 Å². The molecule has 0 saturated carbocycles. The van der Waals surface area contributed by atoms with Crippen molar-refractivity contribution in [1.82, 2.24) is 4.98 Å². The summed E-state index contributed by atoms with van der Waals surface area (Å²) in [4.78, 5) is 14.6. The highest BCUT2D eigenvalue weighted by Crippen LogP contribution is 2.30. The SMILES string of the molecule is CSCCC(N)(C(=O)O)c1c[nH]c2ccccc12. The van der Waals surface area contributed by atoms with Gasteiger partial charge in [-0.15, -0.1) is 0 Å². The van der Waals surface area contributed by atoms with Gasteiger partial charge in [-0.05, 0) is 24.5 Å². The van der Waals surface area contributed by atoms with Crippen LogP contribution >= 0.6 is 11.8 Å². The molecule has 4 N–H and O–H groups in total. The molecule has 2 rings (SSSR count). The smallest absolute Gasteiger partial charge is 0.328 e. The van der Waals surface area contributed by atoms with Crippen LogP contribution in [0.4, 0.5) is 0 Å². The number of H-pyrrole nitrogens is 1. The van der Waals surface area contributed by atoms with E-state index in [1.807, 2.05) is 30.5 Å². The topological polar surface area (TPSA) is 79.1 Å². The molecule has 1 unspecified atom stereocenters. The van der Waals surface area contributed by atoms with E-state index in [1.54, 1.807) is 18.0 Å². The van der Waals surface area contributed by atoms with E-state index in [-0.39, 0.29) is 0 Å². The van der Waals surface area contributed by atoms with Crippen molar-refractivity contribution in [3.05, 3.63) is 36.0 Å². The molecule has 1 aromatic carbocycles. The first-order valence-electron chi connectivity index (χ1n) is 5.67. The van der Waals surface area contributed by atoms with Crippen LogP contribution in [-0.4, -0.2) is 28.1 Å². The van der Waals surface area contributed by atoms with Crippen molar-refractivity contribution in [3.8, 4) is 0 Å². The number of carboxylic acid groups (broad SMARTS) is 1. The zero-order valence-electron chi connectivity index (χ0n) is 10.1. The maximum atomic E-state index is 11.5. The predicted octanol–water partition coefficient (Wildman–Crippen LogP) is 2.16. The quantitative estimate of drug-likeness (QED) is 0.773. The summed E-state index contributed by atoms with van der Waals surface area (Å²) in [7, 11) is 0. The monoisotopic (exact) mass is 264 g/mol. The second-order valence-electron chi connectivity index (χ2n) is 4.27. The average Bonchev–Trinajstić information content (AvgIpc) is 2.80. The molecule has 0 amide bonds. The molecule has 1 heterocycles. The van der Waals surface area contributed by atoms with Gasteiger partial charge in [0.15, 0.2) is 0 Å². The van der Waals surface area contributed by atoms with Gasteiger partial charge in [0.05, 0.1) is 0 Å². The molecule has 18 heavy (non-hydrogen) atoms. The third-order valence-corrected chi connectivity index (χ3v) is 3.76. The lowest BCUT2D eigenvalue weighted by molar-refractivity contribution is -0.143. The van der Waals surface area contributed by atoms with Crippen LogP contribution < -0.4 is 5.73 Å². The lowest BCUT2D eigenvalue weighted by atomic mass is 9.88. The number of carbonyl (C=O) groups is 1. The predicted molar refractivity (Wildman–Crippen MR) is 74.8 cm³/mol. The van der Waals surface area contributed by atoms with Crippen LogP contribution in [0, 0.1) is 0 Å². The van der Waals surface area contributed by atoms with E-state index >= 15 is 0 Å². The Bertz CT molecular complexity index is 567. The number of thioether (sulfide) groups is 1. The highest BCUT2D eigenvalue weighted by molar-refractivity contribution is 7.98. The Hall–Kier alpha value is -1.46. The van der Waals surface area contributed by atoms with Gasteiger partial charge in [-0.3, -0.25) is 0 Å². The minimum atomic E-state index is -1.33. The second-order valence-corrected chi connectivity index (χ2v) is 5.25. The summed E-state index contributed by atoms with van der Waals surface area (Å²) in [6.45, 7) is 0. The van der Waals surface area contributed by atoms with E-state index in [9.17, 15) is 9.90 Å². The van der Waals surface area contributed by atoms with Crippen molar-refractivity contribution in [2.75, 3.05) is 12.0 Å². The van der Waals surface area contributed by atoms with Crippen molar-refractivity contribution < 1.29 is 9.90 Å².